The van der Waals surface area contributed by atoms with Gasteiger partial charge in [-0.2, -0.15) is 4.58 Å². The van der Waals surface area contributed by atoms with E-state index in [1.54, 1.807) is 0 Å². The van der Waals surface area contributed by atoms with Gasteiger partial charge in [0, 0.05) is 57.3 Å². The Morgan fingerprint density at radius 3 is 2.35 bits per heavy atom. The summed E-state index contributed by atoms with van der Waals surface area (Å²) in [7, 11) is 0. The summed E-state index contributed by atoms with van der Waals surface area (Å²) in [5.41, 5.74) is 10.9. The fraction of sp³-hybridized carbons (Fsp3) is 0.0714. The molecule has 5 aromatic carbocycles. The summed E-state index contributed by atoms with van der Waals surface area (Å²) in [6.07, 6.45) is 17.7. The molecule has 11 rings (SSSR count). The Bertz CT molecular complexity index is 2620. The molecule has 0 fully saturated rings. The van der Waals surface area contributed by atoms with E-state index in [1.807, 2.05) is 0 Å². The smallest absolute Gasteiger partial charge is 0.235 e. The third-order valence-corrected chi connectivity index (χ3v) is 10.3. The number of para-hydroxylation sites is 4. The van der Waals surface area contributed by atoms with Gasteiger partial charge in [-0.3, -0.25) is 0 Å². The van der Waals surface area contributed by atoms with Gasteiger partial charge in [0.05, 0.1) is 22.2 Å². The van der Waals surface area contributed by atoms with E-state index in [2.05, 4.69) is 165 Å². The van der Waals surface area contributed by atoms with E-state index in [9.17, 15) is 0 Å². The van der Waals surface area contributed by atoms with E-state index in [1.165, 1.54) is 66.3 Å². The lowest BCUT2D eigenvalue weighted by Crippen LogP contribution is -2.30. The summed E-state index contributed by atoms with van der Waals surface area (Å²) in [6.45, 7) is 0. The van der Waals surface area contributed by atoms with Crippen molar-refractivity contribution in [2.24, 2.45) is 0 Å². The van der Waals surface area contributed by atoms with Crippen molar-refractivity contribution in [2.75, 3.05) is 0 Å². The number of benzene rings is 5. The molecule has 0 amide bonds. The molecule has 4 heteroatoms. The van der Waals surface area contributed by atoms with Crippen molar-refractivity contribution in [1.82, 2.24) is 13.7 Å². The minimum Gasteiger partial charge on any atom is -0.483 e. The molecule has 7 aromatic rings. The van der Waals surface area contributed by atoms with Crippen LogP contribution in [-0.4, -0.2) is 20.9 Å². The summed E-state index contributed by atoms with van der Waals surface area (Å²) in [5.74, 6) is 1.23. The Kier molecular flexibility index (Phi) is 4.71. The van der Waals surface area contributed by atoms with Crippen LogP contribution in [0.4, 0.5) is 11.4 Å². The zero-order chi connectivity index (χ0) is 29.9. The van der Waals surface area contributed by atoms with Crippen molar-refractivity contribution in [3.8, 4) is 11.4 Å². The highest BCUT2D eigenvalue weighted by molar-refractivity contribution is 6.30. The van der Waals surface area contributed by atoms with Gasteiger partial charge >= 0.3 is 0 Å². The van der Waals surface area contributed by atoms with E-state index in [4.69, 9.17) is 4.74 Å². The standard InChI is InChI=1S/C42H28N3O/c1-2-12-26(13-3-1)43-32-19-7-8-20-33(32)45-35-25-24-34-39(40(35)30-17-11-21-36(43)41(30)45)29-15-4-6-18-31(29)44(34)37-22-10-16-28-27-14-5-9-23-38(27)46-42(28)37/h1-25,27,33,38H/q+1. The highest BCUT2D eigenvalue weighted by Gasteiger charge is 2.38. The molecule has 0 saturated carbocycles. The Morgan fingerprint density at radius 2 is 1.39 bits per heavy atom. The Morgan fingerprint density at radius 1 is 0.609 bits per heavy atom. The van der Waals surface area contributed by atoms with Gasteiger partial charge in [-0.25, -0.2) is 0 Å². The van der Waals surface area contributed by atoms with Crippen LogP contribution < -0.4 is 9.31 Å². The molecule has 0 N–H and O–H groups in total. The fourth-order valence-electron chi connectivity index (χ4n) is 8.53. The zero-order valence-corrected chi connectivity index (χ0v) is 24.9. The summed E-state index contributed by atoms with van der Waals surface area (Å²) < 4.78 is 14.1. The third-order valence-electron chi connectivity index (χ3n) is 10.3. The topological polar surface area (TPSA) is 22.1 Å². The molecule has 2 aromatic heterocycles. The van der Waals surface area contributed by atoms with Crippen LogP contribution in [0.3, 0.4) is 0 Å². The maximum absolute atomic E-state index is 6.69. The van der Waals surface area contributed by atoms with Gasteiger partial charge in [0.1, 0.15) is 23.4 Å². The van der Waals surface area contributed by atoms with Gasteiger partial charge in [0.25, 0.3) is 0 Å². The Balaban J connectivity index is 1.26. The van der Waals surface area contributed by atoms with Gasteiger partial charge in [-0.1, -0.05) is 97.1 Å². The first-order chi connectivity index (χ1) is 22.9. The van der Waals surface area contributed by atoms with Crippen LogP contribution in [0.15, 0.2) is 152 Å². The minimum absolute atomic E-state index is 0.0366. The van der Waals surface area contributed by atoms with Crippen LogP contribution in [0, 0.1) is 0 Å². The van der Waals surface area contributed by atoms with Gasteiger partial charge < -0.3 is 13.9 Å². The normalized spacial score (nSPS) is 20.6. The van der Waals surface area contributed by atoms with E-state index < -0.39 is 0 Å². The summed E-state index contributed by atoms with van der Waals surface area (Å²) >= 11 is 0. The molecule has 0 saturated heterocycles. The SMILES string of the molecule is C1=CC2=[N+](c3ccccc3)c3cccc4c5c6c7ccccc7n(-c7cccc8c7OC7C=CC=CC87)c6ccc5n(c34)C2C=C1. The van der Waals surface area contributed by atoms with Crippen LogP contribution >= 0.6 is 0 Å². The predicted molar refractivity (Wildman–Crippen MR) is 189 cm³/mol. The van der Waals surface area contributed by atoms with Crippen molar-refractivity contribution in [3.63, 3.8) is 0 Å². The molecule has 0 bridgehead atoms. The van der Waals surface area contributed by atoms with E-state index in [-0.39, 0.29) is 18.1 Å². The van der Waals surface area contributed by atoms with Crippen LogP contribution in [0.5, 0.6) is 5.75 Å². The molecule has 46 heavy (non-hydrogen) atoms. The first kappa shape index (κ1) is 24.5. The summed E-state index contributed by atoms with van der Waals surface area (Å²) in [5, 5.41) is 5.11. The van der Waals surface area contributed by atoms with Crippen LogP contribution in [0.2, 0.25) is 0 Å². The van der Waals surface area contributed by atoms with Gasteiger partial charge in [-0.05, 0) is 30.3 Å². The molecule has 0 spiro atoms. The average molecular weight is 591 g/mol. The van der Waals surface area contributed by atoms with Crippen molar-refractivity contribution >= 4 is 60.7 Å². The molecule has 3 unspecified atom stereocenters. The lowest BCUT2D eigenvalue weighted by Gasteiger charge is -2.24. The number of ether oxygens (including phenoxy) is 1. The lowest BCUT2D eigenvalue weighted by molar-refractivity contribution is 0.268. The number of fused-ring (bicyclic) bond motifs is 12. The predicted octanol–water partition coefficient (Wildman–Crippen LogP) is 9.82. The third kappa shape index (κ3) is 3.01. The second kappa shape index (κ2) is 8.86. The number of rotatable bonds is 2. The maximum atomic E-state index is 6.69. The number of hydrogen-bond acceptors (Lipinski definition) is 1. The van der Waals surface area contributed by atoms with Crippen molar-refractivity contribution in [3.05, 3.63) is 157 Å². The quantitative estimate of drug-likeness (QED) is 0.184. The molecular formula is C42H28N3O+. The molecular weight excluding hydrogens is 562 g/mol. The number of allylic oxidation sites excluding steroid dienone is 6. The molecule has 216 valence electrons. The van der Waals surface area contributed by atoms with Crippen LogP contribution in [0.1, 0.15) is 17.5 Å². The zero-order valence-electron chi connectivity index (χ0n) is 24.9. The van der Waals surface area contributed by atoms with Crippen molar-refractivity contribution < 1.29 is 4.74 Å². The van der Waals surface area contributed by atoms with Gasteiger partial charge in [0.15, 0.2) is 0 Å². The largest absolute Gasteiger partial charge is 0.483 e. The van der Waals surface area contributed by atoms with E-state index >= 15 is 0 Å². The highest BCUT2D eigenvalue weighted by atomic mass is 16.5. The number of nitrogens with zero attached hydrogens (tertiary/aromatic N) is 3. The lowest BCUT2D eigenvalue weighted by atomic mass is 9.92. The van der Waals surface area contributed by atoms with Gasteiger partial charge in [0.2, 0.25) is 17.1 Å². The Hall–Kier alpha value is -5.87. The van der Waals surface area contributed by atoms with E-state index in [0.717, 1.165) is 11.4 Å². The fourth-order valence-corrected chi connectivity index (χ4v) is 8.53. The summed E-state index contributed by atoms with van der Waals surface area (Å²) in [4.78, 5) is 0. The summed E-state index contributed by atoms with van der Waals surface area (Å²) in [6, 6.07) is 37.8. The van der Waals surface area contributed by atoms with Crippen LogP contribution in [-0.2, 0) is 0 Å². The monoisotopic (exact) mass is 590 g/mol. The van der Waals surface area contributed by atoms with Crippen LogP contribution in [0.25, 0.3) is 49.3 Å². The number of aromatic nitrogens is 2. The Labute approximate surface area is 265 Å². The number of hydrogen-bond donors (Lipinski definition) is 0. The second-order valence-corrected chi connectivity index (χ2v) is 12.6. The average Bonchev–Trinajstić information content (AvgIpc) is 3.77. The molecule has 4 aliphatic rings. The molecule has 3 atom stereocenters. The molecule has 4 heterocycles. The minimum atomic E-state index is 0.0366. The molecule has 4 nitrogen and oxygen atoms in total. The molecule has 2 aliphatic carbocycles. The first-order valence-corrected chi connectivity index (χ1v) is 16.1. The van der Waals surface area contributed by atoms with Crippen molar-refractivity contribution in [2.45, 2.75) is 18.1 Å². The maximum Gasteiger partial charge on any atom is 0.235 e. The molecule has 2 aliphatic heterocycles. The molecule has 0 radical (unpaired) electrons. The van der Waals surface area contributed by atoms with Crippen molar-refractivity contribution in [1.29, 1.82) is 0 Å². The van der Waals surface area contributed by atoms with E-state index in [0.29, 0.717) is 0 Å². The van der Waals surface area contributed by atoms with Gasteiger partial charge in [-0.15, -0.1) is 0 Å². The highest BCUT2D eigenvalue weighted by Crippen LogP contribution is 2.50. The second-order valence-electron chi connectivity index (χ2n) is 12.6. The first-order valence-electron chi connectivity index (χ1n) is 16.1.